The number of piperazine rings is 1. The first-order chi connectivity index (χ1) is 13.3. The lowest BCUT2D eigenvalue weighted by Crippen LogP contribution is -2.53. The Hall–Kier alpha value is -2.28. The first kappa shape index (κ1) is 20.5. The molecule has 2 aliphatic heterocycles. The predicted octanol–water partition coefficient (Wildman–Crippen LogP) is 2.95. The van der Waals surface area contributed by atoms with Gasteiger partial charge in [0.15, 0.2) is 0 Å². The van der Waals surface area contributed by atoms with Crippen LogP contribution in [0.4, 0.5) is 9.59 Å². The fraction of sp³-hybridized carbons (Fsp3) is 0.619. The normalized spacial score (nSPS) is 20.9. The van der Waals surface area contributed by atoms with Crippen molar-refractivity contribution >= 4 is 12.2 Å². The molecule has 2 saturated heterocycles. The van der Waals surface area contributed by atoms with Gasteiger partial charge in [-0.25, -0.2) is 9.59 Å². The van der Waals surface area contributed by atoms with E-state index in [9.17, 15) is 9.59 Å². The van der Waals surface area contributed by atoms with Gasteiger partial charge in [-0.3, -0.25) is 4.90 Å². The highest BCUT2D eigenvalue weighted by Crippen LogP contribution is 2.20. The number of likely N-dealkylation sites (tertiary alicyclic amines) is 1. The number of ether oxygens (including phenoxy) is 2. The number of hydrogen-bond donors (Lipinski definition) is 0. The highest BCUT2D eigenvalue weighted by atomic mass is 16.6. The molecule has 7 heteroatoms. The molecular weight excluding hydrogens is 358 g/mol. The second-order valence-corrected chi connectivity index (χ2v) is 8.43. The zero-order valence-electron chi connectivity index (χ0n) is 17.1. The van der Waals surface area contributed by atoms with Crippen LogP contribution >= 0.6 is 0 Å². The molecule has 0 bridgehead atoms. The highest BCUT2D eigenvalue weighted by molar-refractivity contribution is 5.68. The lowest BCUT2D eigenvalue weighted by atomic mass is 10.2. The van der Waals surface area contributed by atoms with E-state index >= 15 is 0 Å². The van der Waals surface area contributed by atoms with Crippen LogP contribution in [0.2, 0.25) is 0 Å². The first-order valence-electron chi connectivity index (χ1n) is 9.99. The van der Waals surface area contributed by atoms with Crippen LogP contribution in [0.5, 0.6) is 0 Å². The van der Waals surface area contributed by atoms with Crippen LogP contribution in [0.3, 0.4) is 0 Å². The van der Waals surface area contributed by atoms with Crippen LogP contribution in [0.1, 0.15) is 32.8 Å². The minimum absolute atomic E-state index is 0.246. The van der Waals surface area contributed by atoms with Crippen molar-refractivity contribution in [2.45, 2.75) is 45.4 Å². The minimum Gasteiger partial charge on any atom is -0.445 e. The summed E-state index contributed by atoms with van der Waals surface area (Å²) in [5, 5.41) is 0. The van der Waals surface area contributed by atoms with E-state index in [-0.39, 0.29) is 12.2 Å². The number of hydrogen-bond acceptors (Lipinski definition) is 5. The van der Waals surface area contributed by atoms with Crippen molar-refractivity contribution < 1.29 is 19.1 Å². The predicted molar refractivity (Wildman–Crippen MR) is 106 cm³/mol. The SMILES string of the molecule is CC(C)(C)OC(=O)N1CCN([C@@H]2CCN(C(=O)OCc3ccccc3)C2)CC1. The molecule has 2 aliphatic rings. The number of carbonyl (C=O) groups is 2. The summed E-state index contributed by atoms with van der Waals surface area (Å²) >= 11 is 0. The topological polar surface area (TPSA) is 62.3 Å². The van der Waals surface area contributed by atoms with E-state index in [2.05, 4.69) is 4.90 Å². The van der Waals surface area contributed by atoms with Gasteiger partial charge in [-0.05, 0) is 32.8 Å². The summed E-state index contributed by atoms with van der Waals surface area (Å²) in [6.45, 7) is 10.3. The Morgan fingerprint density at radius 1 is 0.964 bits per heavy atom. The third-order valence-corrected chi connectivity index (χ3v) is 5.11. The van der Waals surface area contributed by atoms with E-state index in [1.165, 1.54) is 0 Å². The van der Waals surface area contributed by atoms with Crippen molar-refractivity contribution in [1.29, 1.82) is 0 Å². The number of nitrogens with zero attached hydrogens (tertiary/aromatic N) is 3. The zero-order valence-corrected chi connectivity index (χ0v) is 17.1. The van der Waals surface area contributed by atoms with Gasteiger partial charge in [0.1, 0.15) is 12.2 Å². The molecule has 1 atom stereocenters. The Labute approximate surface area is 167 Å². The van der Waals surface area contributed by atoms with Crippen LogP contribution in [-0.4, -0.2) is 77.8 Å². The summed E-state index contributed by atoms with van der Waals surface area (Å²) in [6.07, 6.45) is 0.441. The molecule has 3 rings (SSSR count). The molecule has 7 nitrogen and oxygen atoms in total. The maximum Gasteiger partial charge on any atom is 0.410 e. The first-order valence-corrected chi connectivity index (χ1v) is 9.99. The van der Waals surface area contributed by atoms with Crippen LogP contribution < -0.4 is 0 Å². The maximum atomic E-state index is 12.3. The molecule has 0 N–H and O–H groups in total. The van der Waals surface area contributed by atoms with Gasteiger partial charge in [-0.2, -0.15) is 0 Å². The van der Waals surface area contributed by atoms with Crippen molar-refractivity contribution in [2.75, 3.05) is 39.3 Å². The second-order valence-electron chi connectivity index (χ2n) is 8.43. The van der Waals surface area contributed by atoms with Crippen molar-refractivity contribution in [3.8, 4) is 0 Å². The van der Waals surface area contributed by atoms with Crippen LogP contribution in [0.25, 0.3) is 0 Å². The second kappa shape index (κ2) is 8.82. The van der Waals surface area contributed by atoms with Crippen molar-refractivity contribution in [3.05, 3.63) is 35.9 Å². The Bertz CT molecular complexity index is 666. The van der Waals surface area contributed by atoms with Gasteiger partial charge in [0.05, 0.1) is 0 Å². The summed E-state index contributed by atoms with van der Waals surface area (Å²) in [4.78, 5) is 30.4. The van der Waals surface area contributed by atoms with Gasteiger partial charge in [0, 0.05) is 45.3 Å². The largest absolute Gasteiger partial charge is 0.445 e. The molecule has 0 saturated carbocycles. The monoisotopic (exact) mass is 389 g/mol. The van der Waals surface area contributed by atoms with Crippen molar-refractivity contribution in [3.63, 3.8) is 0 Å². The number of rotatable bonds is 3. The van der Waals surface area contributed by atoms with Crippen molar-refractivity contribution in [2.24, 2.45) is 0 Å². The van der Waals surface area contributed by atoms with E-state index in [1.54, 1.807) is 9.80 Å². The lowest BCUT2D eigenvalue weighted by Gasteiger charge is -2.38. The van der Waals surface area contributed by atoms with E-state index in [4.69, 9.17) is 9.47 Å². The number of carbonyl (C=O) groups excluding carboxylic acids is 2. The van der Waals surface area contributed by atoms with E-state index < -0.39 is 5.60 Å². The molecule has 1 aromatic carbocycles. The smallest absolute Gasteiger partial charge is 0.410 e. The molecule has 2 fully saturated rings. The average Bonchev–Trinajstić information content (AvgIpc) is 3.16. The van der Waals surface area contributed by atoms with Crippen LogP contribution in [0.15, 0.2) is 30.3 Å². The van der Waals surface area contributed by atoms with E-state index in [1.807, 2.05) is 51.1 Å². The molecule has 28 heavy (non-hydrogen) atoms. The van der Waals surface area contributed by atoms with Gasteiger partial charge in [0.2, 0.25) is 0 Å². The van der Waals surface area contributed by atoms with Crippen LogP contribution in [0, 0.1) is 0 Å². The quantitative estimate of drug-likeness (QED) is 0.795. The summed E-state index contributed by atoms with van der Waals surface area (Å²) < 4.78 is 10.9. The third-order valence-electron chi connectivity index (χ3n) is 5.11. The summed E-state index contributed by atoms with van der Waals surface area (Å²) in [6, 6.07) is 10.0. The molecule has 0 spiro atoms. The van der Waals surface area contributed by atoms with Gasteiger partial charge in [-0.15, -0.1) is 0 Å². The third kappa shape index (κ3) is 5.61. The van der Waals surface area contributed by atoms with Gasteiger partial charge in [0.25, 0.3) is 0 Å². The standard InChI is InChI=1S/C21H31N3O4/c1-21(2,3)28-20(26)23-13-11-22(12-14-23)18-9-10-24(15-18)19(25)27-16-17-7-5-4-6-8-17/h4-8,18H,9-16H2,1-3H3/t18-/m1/s1. The molecule has 0 radical (unpaired) electrons. The van der Waals surface area contributed by atoms with E-state index in [0.29, 0.717) is 38.8 Å². The highest BCUT2D eigenvalue weighted by Gasteiger charge is 2.34. The molecule has 2 amide bonds. The van der Waals surface area contributed by atoms with Gasteiger partial charge in [-0.1, -0.05) is 30.3 Å². The summed E-state index contributed by atoms with van der Waals surface area (Å²) in [7, 11) is 0. The molecule has 154 valence electrons. The Morgan fingerprint density at radius 2 is 1.64 bits per heavy atom. The Morgan fingerprint density at radius 3 is 2.29 bits per heavy atom. The zero-order chi connectivity index (χ0) is 20.1. The average molecular weight is 389 g/mol. The molecule has 0 unspecified atom stereocenters. The summed E-state index contributed by atoms with van der Waals surface area (Å²) in [5.74, 6) is 0. The van der Waals surface area contributed by atoms with Crippen molar-refractivity contribution in [1.82, 2.24) is 14.7 Å². The van der Waals surface area contributed by atoms with Crippen LogP contribution in [-0.2, 0) is 16.1 Å². The Kier molecular flexibility index (Phi) is 6.44. The minimum atomic E-state index is -0.472. The van der Waals surface area contributed by atoms with Gasteiger partial charge < -0.3 is 19.3 Å². The molecular formula is C21H31N3O4. The lowest BCUT2D eigenvalue weighted by molar-refractivity contribution is 0.0107. The van der Waals surface area contributed by atoms with Gasteiger partial charge >= 0.3 is 12.2 Å². The fourth-order valence-electron chi connectivity index (χ4n) is 3.61. The molecule has 1 aromatic rings. The number of benzene rings is 1. The summed E-state index contributed by atoms with van der Waals surface area (Å²) in [5.41, 5.74) is 0.519. The molecule has 2 heterocycles. The molecule has 0 aromatic heterocycles. The molecule has 0 aliphatic carbocycles. The Balaban J connectivity index is 1.41. The van der Waals surface area contributed by atoms with E-state index in [0.717, 1.165) is 25.1 Å². The fourth-order valence-corrected chi connectivity index (χ4v) is 3.61. The maximum absolute atomic E-state index is 12.3. The number of amides is 2.